The molecule has 0 fully saturated rings. The fraction of sp³-hybridized carbons (Fsp3) is 0.125. The van der Waals surface area contributed by atoms with E-state index >= 15 is 0 Å². The number of carbonyl (C=O) groups is 1. The number of hydrogen-bond donors (Lipinski definition) is 4. The second-order valence-corrected chi connectivity index (χ2v) is 7.80. The van der Waals surface area contributed by atoms with E-state index in [4.69, 9.17) is 15.9 Å². The molecule has 0 aliphatic heterocycles. The SMILES string of the molecule is Nc1ccccc1NC(=O)c1ccc(CCCNc2nc(N)n3nc(-c4ccco4)nc3n2)cc1. The Kier molecular flexibility index (Phi) is 5.95. The third kappa shape index (κ3) is 4.88. The standard InChI is InChI=1S/C24H23N9O2/c25-17-6-1-2-7-18(17)28-21(34)16-11-9-15(10-12-16)5-3-13-27-23-30-22(26)33-24(31-23)29-20(32-33)19-8-4-14-35-19/h1-2,4,6-12,14H,3,5,13,25H2,(H,28,34)(H3,26,27,29,30,31,32). The third-order valence-corrected chi connectivity index (χ3v) is 5.33. The number of carbonyl (C=O) groups excluding carboxylic acids is 1. The Hall–Kier alpha value is -4.93. The van der Waals surface area contributed by atoms with Gasteiger partial charge in [-0.05, 0) is 54.8 Å². The van der Waals surface area contributed by atoms with Crippen LogP contribution in [0.3, 0.4) is 0 Å². The maximum atomic E-state index is 12.5. The first-order valence-corrected chi connectivity index (χ1v) is 11.0. The summed E-state index contributed by atoms with van der Waals surface area (Å²) in [4.78, 5) is 25.4. The first-order chi connectivity index (χ1) is 17.1. The zero-order valence-corrected chi connectivity index (χ0v) is 18.7. The van der Waals surface area contributed by atoms with Gasteiger partial charge >= 0.3 is 0 Å². The summed E-state index contributed by atoms with van der Waals surface area (Å²) >= 11 is 0. The number of aryl methyl sites for hydroxylation is 1. The summed E-state index contributed by atoms with van der Waals surface area (Å²) in [5.74, 6) is 1.59. The molecule has 0 saturated carbocycles. The lowest BCUT2D eigenvalue weighted by Gasteiger charge is -2.09. The van der Waals surface area contributed by atoms with E-state index in [1.807, 2.05) is 24.3 Å². The zero-order valence-electron chi connectivity index (χ0n) is 18.7. The fourth-order valence-electron chi connectivity index (χ4n) is 3.52. The number of amides is 1. The van der Waals surface area contributed by atoms with Gasteiger partial charge in [-0.25, -0.2) is 0 Å². The van der Waals surface area contributed by atoms with Gasteiger partial charge in [-0.3, -0.25) is 4.79 Å². The van der Waals surface area contributed by atoms with Crippen molar-refractivity contribution in [1.29, 1.82) is 0 Å². The third-order valence-electron chi connectivity index (χ3n) is 5.33. The minimum atomic E-state index is -0.204. The first-order valence-electron chi connectivity index (χ1n) is 11.0. The number of nitrogens with one attached hydrogen (secondary N) is 2. The summed E-state index contributed by atoms with van der Waals surface area (Å²) in [5.41, 5.74) is 14.7. The highest BCUT2D eigenvalue weighted by Gasteiger charge is 2.13. The summed E-state index contributed by atoms with van der Waals surface area (Å²) in [5, 5.41) is 10.3. The molecule has 3 heterocycles. The molecule has 35 heavy (non-hydrogen) atoms. The molecule has 0 bridgehead atoms. The molecule has 3 aromatic heterocycles. The van der Waals surface area contributed by atoms with Crippen molar-refractivity contribution in [3.63, 3.8) is 0 Å². The van der Waals surface area contributed by atoms with Gasteiger partial charge in [0.1, 0.15) is 0 Å². The Morgan fingerprint density at radius 3 is 2.57 bits per heavy atom. The molecule has 176 valence electrons. The van der Waals surface area contributed by atoms with E-state index in [-0.39, 0.29) is 11.9 Å². The van der Waals surface area contributed by atoms with Crippen molar-refractivity contribution >= 4 is 35.0 Å². The van der Waals surface area contributed by atoms with Crippen LogP contribution in [-0.2, 0) is 6.42 Å². The van der Waals surface area contributed by atoms with Crippen LogP contribution in [0.1, 0.15) is 22.3 Å². The maximum absolute atomic E-state index is 12.5. The van der Waals surface area contributed by atoms with E-state index in [0.29, 0.717) is 46.8 Å². The van der Waals surface area contributed by atoms with Crippen molar-refractivity contribution in [2.75, 3.05) is 28.6 Å². The van der Waals surface area contributed by atoms with E-state index in [2.05, 4.69) is 30.7 Å². The fourth-order valence-corrected chi connectivity index (χ4v) is 3.52. The van der Waals surface area contributed by atoms with Gasteiger partial charge in [0.25, 0.3) is 11.7 Å². The molecule has 6 N–H and O–H groups in total. The number of furan rings is 1. The molecule has 11 nitrogen and oxygen atoms in total. The molecule has 0 aliphatic carbocycles. The van der Waals surface area contributed by atoms with E-state index < -0.39 is 0 Å². The molecule has 5 aromatic rings. The van der Waals surface area contributed by atoms with E-state index in [0.717, 1.165) is 18.4 Å². The number of nitrogen functional groups attached to an aromatic ring is 2. The molecule has 11 heteroatoms. The Labute approximate surface area is 200 Å². The Balaban J connectivity index is 1.15. The zero-order chi connectivity index (χ0) is 24.2. The van der Waals surface area contributed by atoms with Crippen LogP contribution >= 0.6 is 0 Å². The second-order valence-electron chi connectivity index (χ2n) is 7.80. The quantitative estimate of drug-likeness (QED) is 0.197. The van der Waals surface area contributed by atoms with Gasteiger partial charge in [0.05, 0.1) is 17.6 Å². The number of rotatable bonds is 8. The highest BCUT2D eigenvalue weighted by molar-refractivity contribution is 6.05. The molecule has 0 saturated heterocycles. The lowest BCUT2D eigenvalue weighted by atomic mass is 10.1. The average Bonchev–Trinajstić information content (AvgIpc) is 3.54. The minimum absolute atomic E-state index is 0.175. The highest BCUT2D eigenvalue weighted by atomic mass is 16.3. The lowest BCUT2D eigenvalue weighted by molar-refractivity contribution is 0.102. The number of aromatic nitrogens is 5. The number of nitrogens with two attached hydrogens (primary N) is 2. The predicted molar refractivity (Wildman–Crippen MR) is 133 cm³/mol. The minimum Gasteiger partial charge on any atom is -0.461 e. The largest absolute Gasteiger partial charge is 0.461 e. The van der Waals surface area contributed by atoms with Crippen LogP contribution in [0.15, 0.2) is 71.3 Å². The van der Waals surface area contributed by atoms with Gasteiger partial charge in [0, 0.05) is 12.1 Å². The summed E-state index contributed by atoms with van der Waals surface area (Å²) in [6, 6.07) is 18.2. The van der Waals surface area contributed by atoms with Crippen molar-refractivity contribution in [3.05, 3.63) is 78.1 Å². The van der Waals surface area contributed by atoms with Crippen molar-refractivity contribution < 1.29 is 9.21 Å². The van der Waals surface area contributed by atoms with Gasteiger partial charge in [-0.1, -0.05) is 24.3 Å². The molecular weight excluding hydrogens is 446 g/mol. The number of hydrogen-bond acceptors (Lipinski definition) is 9. The first kappa shape index (κ1) is 21.9. The average molecular weight is 470 g/mol. The van der Waals surface area contributed by atoms with E-state index in [1.165, 1.54) is 4.52 Å². The predicted octanol–water partition coefficient (Wildman–Crippen LogP) is 3.24. The molecule has 5 rings (SSSR count). The lowest BCUT2D eigenvalue weighted by Crippen LogP contribution is -2.13. The molecule has 0 aliphatic rings. The highest BCUT2D eigenvalue weighted by Crippen LogP contribution is 2.19. The van der Waals surface area contributed by atoms with Crippen LogP contribution in [0.2, 0.25) is 0 Å². The maximum Gasteiger partial charge on any atom is 0.259 e. The number of nitrogens with zero attached hydrogens (tertiary/aromatic N) is 5. The van der Waals surface area contributed by atoms with Crippen LogP contribution in [0, 0.1) is 0 Å². The van der Waals surface area contributed by atoms with Gasteiger partial charge in [0.15, 0.2) is 5.76 Å². The second kappa shape index (κ2) is 9.51. The number of benzene rings is 2. The van der Waals surface area contributed by atoms with Crippen LogP contribution in [0.4, 0.5) is 23.3 Å². The molecule has 2 aromatic carbocycles. The van der Waals surface area contributed by atoms with Crippen LogP contribution in [-0.4, -0.2) is 37.0 Å². The number of para-hydroxylation sites is 2. The summed E-state index contributed by atoms with van der Waals surface area (Å²) in [6.07, 6.45) is 3.18. The Bertz CT molecular complexity index is 1460. The molecule has 0 spiro atoms. The number of anilines is 4. The van der Waals surface area contributed by atoms with E-state index in [1.54, 1.807) is 42.7 Å². The van der Waals surface area contributed by atoms with Crippen molar-refractivity contribution in [3.8, 4) is 11.6 Å². The molecule has 0 unspecified atom stereocenters. The van der Waals surface area contributed by atoms with Crippen molar-refractivity contribution in [1.82, 2.24) is 24.6 Å². The Morgan fingerprint density at radius 1 is 0.971 bits per heavy atom. The van der Waals surface area contributed by atoms with Gasteiger partial charge in [0.2, 0.25) is 17.7 Å². The summed E-state index contributed by atoms with van der Waals surface area (Å²) in [7, 11) is 0. The van der Waals surface area contributed by atoms with Gasteiger partial charge < -0.3 is 26.5 Å². The molecule has 1 amide bonds. The van der Waals surface area contributed by atoms with Crippen molar-refractivity contribution in [2.24, 2.45) is 0 Å². The van der Waals surface area contributed by atoms with Crippen LogP contribution in [0.25, 0.3) is 17.4 Å². The number of fused-ring (bicyclic) bond motifs is 1. The summed E-state index contributed by atoms with van der Waals surface area (Å²) < 4.78 is 6.69. The topological polar surface area (TPSA) is 162 Å². The van der Waals surface area contributed by atoms with Gasteiger partial charge in [-0.2, -0.15) is 19.5 Å². The molecule has 0 atom stereocenters. The monoisotopic (exact) mass is 469 g/mol. The van der Waals surface area contributed by atoms with Gasteiger partial charge in [-0.15, -0.1) is 5.10 Å². The Morgan fingerprint density at radius 2 is 1.80 bits per heavy atom. The van der Waals surface area contributed by atoms with Crippen molar-refractivity contribution in [2.45, 2.75) is 12.8 Å². The normalized spacial score (nSPS) is 11.0. The van der Waals surface area contributed by atoms with Crippen LogP contribution in [0.5, 0.6) is 0 Å². The summed E-state index contributed by atoms with van der Waals surface area (Å²) in [6.45, 7) is 0.629. The van der Waals surface area contributed by atoms with E-state index in [9.17, 15) is 4.79 Å². The molecular formula is C24H23N9O2. The van der Waals surface area contributed by atoms with Crippen LogP contribution < -0.4 is 22.1 Å². The smallest absolute Gasteiger partial charge is 0.259 e. The molecule has 0 radical (unpaired) electrons.